The standard InChI is InChI=1S/C15H22N2O4/c1-20-15(7-3-2-4-8-15)14-16-12(21-17-14)10-5-6-11(9-10)13(18)19/h10-11H,2-9H2,1H3,(H,18,19). The highest BCUT2D eigenvalue weighted by Gasteiger charge is 2.40. The predicted molar refractivity (Wildman–Crippen MR) is 73.8 cm³/mol. The molecule has 6 nitrogen and oxygen atoms in total. The Kier molecular flexibility index (Phi) is 3.97. The molecule has 2 atom stereocenters. The molecule has 0 amide bonds. The average molecular weight is 294 g/mol. The zero-order valence-corrected chi connectivity index (χ0v) is 12.4. The zero-order valence-electron chi connectivity index (χ0n) is 12.4. The molecule has 2 fully saturated rings. The van der Waals surface area contributed by atoms with Crippen molar-refractivity contribution in [1.82, 2.24) is 10.1 Å². The lowest BCUT2D eigenvalue weighted by Gasteiger charge is -2.32. The van der Waals surface area contributed by atoms with Crippen molar-refractivity contribution in [1.29, 1.82) is 0 Å². The Labute approximate surface area is 123 Å². The van der Waals surface area contributed by atoms with E-state index in [1.54, 1.807) is 7.11 Å². The van der Waals surface area contributed by atoms with Gasteiger partial charge in [-0.05, 0) is 32.1 Å². The van der Waals surface area contributed by atoms with Crippen molar-refractivity contribution >= 4 is 5.97 Å². The molecule has 0 saturated heterocycles. The first-order valence-corrected chi connectivity index (χ1v) is 7.77. The molecule has 0 aliphatic heterocycles. The van der Waals surface area contributed by atoms with Crippen LogP contribution in [0.5, 0.6) is 0 Å². The number of carbonyl (C=O) groups is 1. The second-order valence-electron chi connectivity index (χ2n) is 6.26. The van der Waals surface area contributed by atoms with Gasteiger partial charge in [-0.1, -0.05) is 24.4 Å². The molecule has 2 aliphatic carbocycles. The van der Waals surface area contributed by atoms with E-state index in [9.17, 15) is 4.79 Å². The van der Waals surface area contributed by atoms with Crippen LogP contribution < -0.4 is 0 Å². The average Bonchev–Trinajstić information content (AvgIpc) is 3.17. The third-order valence-electron chi connectivity index (χ3n) is 5.03. The van der Waals surface area contributed by atoms with Crippen LogP contribution in [0.2, 0.25) is 0 Å². The van der Waals surface area contributed by atoms with Gasteiger partial charge in [0.05, 0.1) is 5.92 Å². The van der Waals surface area contributed by atoms with E-state index in [2.05, 4.69) is 10.1 Å². The molecular weight excluding hydrogens is 272 g/mol. The maximum atomic E-state index is 11.0. The van der Waals surface area contributed by atoms with Gasteiger partial charge in [0.15, 0.2) is 0 Å². The lowest BCUT2D eigenvalue weighted by Crippen LogP contribution is -2.32. The van der Waals surface area contributed by atoms with Gasteiger partial charge >= 0.3 is 5.97 Å². The number of hydrogen-bond donors (Lipinski definition) is 1. The number of carboxylic acid groups (broad SMARTS) is 1. The van der Waals surface area contributed by atoms with Crippen LogP contribution in [0.15, 0.2) is 4.52 Å². The highest BCUT2D eigenvalue weighted by molar-refractivity contribution is 5.70. The smallest absolute Gasteiger partial charge is 0.306 e. The van der Waals surface area contributed by atoms with Gasteiger partial charge in [0.1, 0.15) is 5.60 Å². The molecule has 1 aromatic heterocycles. The van der Waals surface area contributed by atoms with Crippen LogP contribution in [0.25, 0.3) is 0 Å². The summed E-state index contributed by atoms with van der Waals surface area (Å²) in [6.45, 7) is 0. The van der Waals surface area contributed by atoms with E-state index >= 15 is 0 Å². The lowest BCUT2D eigenvalue weighted by atomic mass is 9.84. The number of carboxylic acids is 1. The van der Waals surface area contributed by atoms with Gasteiger partial charge in [-0.25, -0.2) is 0 Å². The molecule has 6 heteroatoms. The summed E-state index contributed by atoms with van der Waals surface area (Å²) in [7, 11) is 1.71. The Bertz CT molecular complexity index is 508. The minimum absolute atomic E-state index is 0.0739. The number of nitrogens with zero attached hydrogens (tertiary/aromatic N) is 2. The molecule has 0 radical (unpaired) electrons. The van der Waals surface area contributed by atoms with Crippen molar-refractivity contribution in [3.8, 4) is 0 Å². The monoisotopic (exact) mass is 294 g/mol. The predicted octanol–water partition coefficient (Wildman–Crippen LogP) is 2.84. The molecule has 0 bridgehead atoms. The Morgan fingerprint density at radius 3 is 2.71 bits per heavy atom. The van der Waals surface area contributed by atoms with Gasteiger partial charge < -0.3 is 14.4 Å². The second kappa shape index (κ2) is 5.75. The summed E-state index contributed by atoms with van der Waals surface area (Å²) in [5.41, 5.74) is -0.412. The van der Waals surface area contributed by atoms with Crippen molar-refractivity contribution < 1.29 is 19.2 Å². The quantitative estimate of drug-likeness (QED) is 0.919. The van der Waals surface area contributed by atoms with Crippen molar-refractivity contribution in [2.75, 3.05) is 7.11 Å². The number of hydrogen-bond acceptors (Lipinski definition) is 5. The maximum absolute atomic E-state index is 11.0. The van der Waals surface area contributed by atoms with Crippen LogP contribution >= 0.6 is 0 Å². The van der Waals surface area contributed by atoms with Crippen molar-refractivity contribution in [2.45, 2.75) is 62.9 Å². The summed E-state index contributed by atoms with van der Waals surface area (Å²) in [6.07, 6.45) is 7.38. The van der Waals surface area contributed by atoms with Gasteiger partial charge in [0.2, 0.25) is 11.7 Å². The van der Waals surface area contributed by atoms with Crippen LogP contribution in [0, 0.1) is 5.92 Å². The first kappa shape index (κ1) is 14.5. The molecule has 1 heterocycles. The Balaban J connectivity index is 1.75. The molecule has 2 aliphatic rings. The van der Waals surface area contributed by atoms with Gasteiger partial charge in [-0.3, -0.25) is 4.79 Å². The normalized spacial score (nSPS) is 28.6. The molecule has 0 spiro atoms. The van der Waals surface area contributed by atoms with Gasteiger partial charge in [-0.2, -0.15) is 4.98 Å². The van der Waals surface area contributed by atoms with Crippen molar-refractivity contribution in [2.24, 2.45) is 5.92 Å². The summed E-state index contributed by atoms with van der Waals surface area (Å²) < 4.78 is 11.1. The fraction of sp³-hybridized carbons (Fsp3) is 0.800. The van der Waals surface area contributed by atoms with E-state index in [0.717, 1.165) is 32.1 Å². The summed E-state index contributed by atoms with van der Waals surface area (Å²) in [5.74, 6) is 0.286. The fourth-order valence-corrected chi connectivity index (χ4v) is 3.66. The van der Waals surface area contributed by atoms with E-state index in [1.807, 2.05) is 0 Å². The minimum Gasteiger partial charge on any atom is -0.481 e. The molecular formula is C15H22N2O4. The summed E-state index contributed by atoms with van der Waals surface area (Å²) in [4.78, 5) is 15.6. The Hall–Kier alpha value is -1.43. The highest BCUT2D eigenvalue weighted by Crippen LogP contribution is 2.41. The molecule has 2 saturated carbocycles. The maximum Gasteiger partial charge on any atom is 0.306 e. The molecule has 2 unspecified atom stereocenters. The molecule has 21 heavy (non-hydrogen) atoms. The zero-order chi connectivity index (χ0) is 14.9. The van der Waals surface area contributed by atoms with Crippen LogP contribution in [0.1, 0.15) is 69.0 Å². The topological polar surface area (TPSA) is 85.5 Å². The summed E-state index contributed by atoms with van der Waals surface area (Å²) in [5, 5.41) is 13.2. The van der Waals surface area contributed by atoms with E-state index < -0.39 is 11.6 Å². The summed E-state index contributed by atoms with van der Waals surface area (Å²) in [6, 6.07) is 0. The van der Waals surface area contributed by atoms with E-state index in [1.165, 1.54) is 6.42 Å². The van der Waals surface area contributed by atoms with Crippen LogP contribution in [-0.4, -0.2) is 28.3 Å². The largest absolute Gasteiger partial charge is 0.481 e. The van der Waals surface area contributed by atoms with Crippen LogP contribution in [0.4, 0.5) is 0 Å². The first-order valence-electron chi connectivity index (χ1n) is 7.77. The number of rotatable bonds is 4. The number of aliphatic carboxylic acids is 1. The molecule has 0 aromatic carbocycles. The Morgan fingerprint density at radius 2 is 2.10 bits per heavy atom. The molecule has 1 aromatic rings. The number of aromatic nitrogens is 2. The SMILES string of the molecule is COC1(c2noc(C3CCC(C(=O)O)C3)n2)CCCCC1. The van der Waals surface area contributed by atoms with Crippen molar-refractivity contribution in [3.05, 3.63) is 11.7 Å². The van der Waals surface area contributed by atoms with E-state index in [4.69, 9.17) is 14.4 Å². The molecule has 1 N–H and O–H groups in total. The number of methoxy groups -OCH3 is 1. The Morgan fingerprint density at radius 1 is 1.33 bits per heavy atom. The van der Waals surface area contributed by atoms with Crippen LogP contribution in [-0.2, 0) is 15.1 Å². The van der Waals surface area contributed by atoms with Gasteiger partial charge in [0.25, 0.3) is 0 Å². The molecule has 116 valence electrons. The second-order valence-corrected chi connectivity index (χ2v) is 6.26. The van der Waals surface area contributed by atoms with E-state index in [0.29, 0.717) is 24.6 Å². The van der Waals surface area contributed by atoms with E-state index in [-0.39, 0.29) is 11.8 Å². The number of ether oxygens (including phenoxy) is 1. The summed E-state index contributed by atoms with van der Waals surface area (Å²) >= 11 is 0. The van der Waals surface area contributed by atoms with Crippen LogP contribution in [0.3, 0.4) is 0 Å². The van der Waals surface area contributed by atoms with Gasteiger partial charge in [-0.15, -0.1) is 0 Å². The minimum atomic E-state index is -0.724. The lowest BCUT2D eigenvalue weighted by molar-refractivity contribution is -0.141. The first-order chi connectivity index (χ1) is 10.1. The third kappa shape index (κ3) is 2.69. The highest BCUT2D eigenvalue weighted by atomic mass is 16.5. The third-order valence-corrected chi connectivity index (χ3v) is 5.03. The molecule has 3 rings (SSSR count). The van der Waals surface area contributed by atoms with Crippen molar-refractivity contribution in [3.63, 3.8) is 0 Å². The fourth-order valence-electron chi connectivity index (χ4n) is 3.66. The van der Waals surface area contributed by atoms with Gasteiger partial charge in [0, 0.05) is 13.0 Å².